The Bertz CT molecular complexity index is 1050. The van der Waals surface area contributed by atoms with Crippen LogP contribution in [0.2, 0.25) is 0 Å². The molecule has 1 heterocycles. The van der Waals surface area contributed by atoms with E-state index in [0.717, 1.165) is 5.69 Å². The van der Waals surface area contributed by atoms with Gasteiger partial charge in [-0.2, -0.15) is 10.2 Å². The normalized spacial score (nSPS) is 23.3. The molecular formula is C22H30N4O7S. The number of aliphatic hydroxyl groups is 3. The van der Waals surface area contributed by atoms with Crippen LogP contribution in [0.5, 0.6) is 0 Å². The van der Waals surface area contributed by atoms with E-state index in [1.165, 1.54) is 12.1 Å². The number of aliphatic hydroxyl groups excluding tert-OH is 3. The quantitative estimate of drug-likeness (QED) is 0.285. The Kier molecular flexibility index (Phi) is 9.08. The fraction of sp³-hybridized carbons (Fsp3) is 0.455. The summed E-state index contributed by atoms with van der Waals surface area (Å²) in [5, 5.41) is 37.1. The lowest BCUT2D eigenvalue weighted by Gasteiger charge is -2.36. The van der Waals surface area contributed by atoms with Crippen LogP contribution in [0.4, 0.5) is 17.1 Å². The highest BCUT2D eigenvalue weighted by Gasteiger charge is 2.36. The molecule has 2 aromatic rings. The van der Waals surface area contributed by atoms with Crippen molar-refractivity contribution in [3.05, 3.63) is 48.5 Å². The third-order valence-electron chi connectivity index (χ3n) is 5.19. The maximum Gasteiger partial charge on any atom is 0.240 e. The van der Waals surface area contributed by atoms with Gasteiger partial charge in [0.15, 0.2) is 6.29 Å². The average molecular weight is 495 g/mol. The molecule has 0 unspecified atom stereocenters. The zero-order chi connectivity index (χ0) is 24.7. The molecule has 12 heteroatoms. The Balaban J connectivity index is 1.49. The third-order valence-corrected chi connectivity index (χ3v) is 6.66. The second-order valence-electron chi connectivity index (χ2n) is 7.97. The number of benzene rings is 2. The first kappa shape index (κ1) is 26.2. The van der Waals surface area contributed by atoms with E-state index < -0.39 is 41.2 Å². The van der Waals surface area contributed by atoms with Crippen molar-refractivity contribution in [1.82, 2.24) is 4.72 Å². The maximum absolute atomic E-state index is 12.5. The minimum absolute atomic E-state index is 0.00724. The topological polar surface area (TPSA) is 153 Å². The fourth-order valence-electron chi connectivity index (χ4n) is 3.24. The van der Waals surface area contributed by atoms with Crippen LogP contribution in [0.25, 0.3) is 0 Å². The molecule has 2 aromatic carbocycles. The third kappa shape index (κ3) is 7.03. The van der Waals surface area contributed by atoms with Crippen molar-refractivity contribution in [2.45, 2.75) is 35.9 Å². The summed E-state index contributed by atoms with van der Waals surface area (Å²) in [6.07, 6.45) is -4.01. The molecule has 0 aliphatic carbocycles. The molecule has 1 saturated heterocycles. The Labute approximate surface area is 198 Å². The van der Waals surface area contributed by atoms with Gasteiger partial charge in [0.25, 0.3) is 0 Å². The Hall–Kier alpha value is -2.45. The fourth-order valence-corrected chi connectivity index (χ4v) is 4.25. The Morgan fingerprint density at radius 2 is 1.62 bits per heavy atom. The van der Waals surface area contributed by atoms with Crippen LogP contribution in [-0.4, -0.2) is 82.2 Å². The molecule has 0 amide bonds. The van der Waals surface area contributed by atoms with E-state index in [1.54, 1.807) is 12.1 Å². The second kappa shape index (κ2) is 11.8. The average Bonchev–Trinajstić information content (AvgIpc) is 2.82. The van der Waals surface area contributed by atoms with E-state index in [1.807, 2.05) is 43.3 Å². The molecule has 1 fully saturated rings. The van der Waals surface area contributed by atoms with E-state index >= 15 is 0 Å². The van der Waals surface area contributed by atoms with Crippen LogP contribution in [0.3, 0.4) is 0 Å². The molecule has 34 heavy (non-hydrogen) atoms. The van der Waals surface area contributed by atoms with Gasteiger partial charge >= 0.3 is 0 Å². The largest absolute Gasteiger partial charge is 0.394 e. The van der Waals surface area contributed by atoms with Crippen molar-refractivity contribution in [2.24, 2.45) is 10.2 Å². The van der Waals surface area contributed by atoms with Gasteiger partial charge in [0.1, 0.15) is 12.2 Å². The molecule has 0 radical (unpaired) electrons. The van der Waals surface area contributed by atoms with Crippen LogP contribution >= 0.6 is 0 Å². The van der Waals surface area contributed by atoms with E-state index in [9.17, 15) is 23.7 Å². The molecule has 3 rings (SSSR count). The van der Waals surface area contributed by atoms with Crippen molar-refractivity contribution < 1.29 is 33.2 Å². The molecule has 11 nitrogen and oxygen atoms in total. The molecule has 4 atom stereocenters. The van der Waals surface area contributed by atoms with Gasteiger partial charge in [0.2, 0.25) is 10.0 Å². The monoisotopic (exact) mass is 494 g/mol. The number of rotatable bonds is 10. The first-order chi connectivity index (χ1) is 16.2. The van der Waals surface area contributed by atoms with Crippen molar-refractivity contribution in [3.63, 3.8) is 0 Å². The van der Waals surface area contributed by atoms with Crippen molar-refractivity contribution >= 4 is 27.1 Å². The Morgan fingerprint density at radius 1 is 1.03 bits per heavy atom. The van der Waals surface area contributed by atoms with Gasteiger partial charge < -0.3 is 29.7 Å². The lowest BCUT2D eigenvalue weighted by Crippen LogP contribution is -2.50. The molecule has 0 aromatic heterocycles. The molecular weight excluding hydrogens is 464 g/mol. The number of sulfonamides is 1. The van der Waals surface area contributed by atoms with Gasteiger partial charge in [-0.1, -0.05) is 0 Å². The maximum atomic E-state index is 12.5. The summed E-state index contributed by atoms with van der Waals surface area (Å²) in [4.78, 5) is 2.03. The Morgan fingerprint density at radius 3 is 2.18 bits per heavy atom. The van der Waals surface area contributed by atoms with E-state index in [0.29, 0.717) is 11.4 Å². The molecule has 1 aliphatic heterocycles. The van der Waals surface area contributed by atoms with Crippen molar-refractivity contribution in [1.29, 1.82) is 0 Å². The van der Waals surface area contributed by atoms with E-state index in [4.69, 9.17) is 9.47 Å². The number of nitrogens with one attached hydrogen (secondary N) is 1. The van der Waals surface area contributed by atoms with E-state index in [2.05, 4.69) is 15.0 Å². The number of hydrogen-bond donors (Lipinski definition) is 4. The number of azo groups is 1. The van der Waals surface area contributed by atoms with Crippen molar-refractivity contribution in [3.8, 4) is 0 Å². The summed E-state index contributed by atoms with van der Waals surface area (Å²) < 4.78 is 38.1. The highest BCUT2D eigenvalue weighted by Crippen LogP contribution is 2.23. The second-order valence-corrected chi connectivity index (χ2v) is 9.74. The zero-order valence-corrected chi connectivity index (χ0v) is 19.8. The SMILES string of the molecule is CN(C)c1ccc(N=Nc2ccc(S(=O)(=O)NCCO[C@@H]3O[C@H](CO)[C@@H](O)C[C@H]3O)cc2)cc1. The molecule has 186 valence electrons. The predicted molar refractivity (Wildman–Crippen MR) is 125 cm³/mol. The highest BCUT2D eigenvalue weighted by atomic mass is 32.2. The number of nitrogens with zero attached hydrogens (tertiary/aromatic N) is 3. The molecule has 0 bridgehead atoms. The lowest BCUT2D eigenvalue weighted by atomic mass is 10.0. The predicted octanol–water partition coefficient (Wildman–Crippen LogP) is 1.29. The molecule has 0 saturated carbocycles. The summed E-state index contributed by atoms with van der Waals surface area (Å²) in [6.45, 7) is -0.557. The van der Waals surface area contributed by atoms with Crippen LogP contribution in [0, 0.1) is 0 Å². The summed E-state index contributed by atoms with van der Waals surface area (Å²) in [6, 6.07) is 13.5. The number of anilines is 1. The lowest BCUT2D eigenvalue weighted by molar-refractivity contribution is -0.269. The first-order valence-corrected chi connectivity index (χ1v) is 12.2. The van der Waals surface area contributed by atoms with Gasteiger partial charge in [-0.3, -0.25) is 0 Å². The van der Waals surface area contributed by atoms with Crippen LogP contribution < -0.4 is 9.62 Å². The summed E-state index contributed by atoms with van der Waals surface area (Å²) >= 11 is 0. The van der Waals surface area contributed by atoms with Crippen molar-refractivity contribution in [2.75, 3.05) is 38.8 Å². The summed E-state index contributed by atoms with van der Waals surface area (Å²) in [5.41, 5.74) is 2.22. The smallest absolute Gasteiger partial charge is 0.240 e. The van der Waals surface area contributed by atoms with Gasteiger partial charge in [-0.05, 0) is 48.5 Å². The van der Waals surface area contributed by atoms with Gasteiger partial charge in [0.05, 0.1) is 35.6 Å². The summed E-state index contributed by atoms with van der Waals surface area (Å²) in [5.74, 6) is 0. The van der Waals surface area contributed by atoms with Gasteiger partial charge in [-0.15, -0.1) is 0 Å². The minimum Gasteiger partial charge on any atom is -0.394 e. The van der Waals surface area contributed by atoms with Crippen LogP contribution in [0.1, 0.15) is 6.42 Å². The van der Waals surface area contributed by atoms with E-state index in [-0.39, 0.29) is 24.5 Å². The zero-order valence-electron chi connectivity index (χ0n) is 19.0. The molecule has 4 N–H and O–H groups in total. The summed E-state index contributed by atoms with van der Waals surface area (Å²) in [7, 11) is 0.107. The molecule has 1 aliphatic rings. The highest BCUT2D eigenvalue weighted by molar-refractivity contribution is 7.89. The van der Waals surface area contributed by atoms with Crippen LogP contribution in [-0.2, 0) is 19.5 Å². The number of ether oxygens (including phenoxy) is 2. The first-order valence-electron chi connectivity index (χ1n) is 10.7. The minimum atomic E-state index is -3.79. The number of hydrogen-bond acceptors (Lipinski definition) is 10. The van der Waals surface area contributed by atoms with Crippen LogP contribution in [0.15, 0.2) is 63.7 Å². The van der Waals surface area contributed by atoms with Gasteiger partial charge in [-0.25, -0.2) is 13.1 Å². The van der Waals surface area contributed by atoms with Gasteiger partial charge in [0, 0.05) is 32.7 Å². The molecule has 0 spiro atoms. The standard InChI is InChI=1S/C22H30N4O7S/c1-26(2)17-7-3-15(4-8-17)24-25-16-5-9-18(10-6-16)34(30,31)23-11-12-32-22-20(29)13-19(28)21(14-27)33-22/h3-10,19-23,27-29H,11-14H2,1-2H3/t19-,20+,21+,22+/m0/s1.